The molecule has 0 amide bonds. The molecule has 2 aromatic rings. The van der Waals surface area contributed by atoms with Crippen LogP contribution in [0.25, 0.3) is 11.0 Å². The van der Waals surface area contributed by atoms with Gasteiger partial charge in [-0.2, -0.15) is 8.78 Å². The molecule has 24 heavy (non-hydrogen) atoms. The SMILES string of the molecule is Cc1cc(B2OC(C)(C)C(C)(C)O2)c2ncc(OC(F)F)nc2c1. The second-order valence-corrected chi connectivity index (χ2v) is 6.90. The molecule has 0 saturated carbocycles. The van der Waals surface area contributed by atoms with Gasteiger partial charge in [0.05, 0.1) is 28.4 Å². The van der Waals surface area contributed by atoms with Gasteiger partial charge in [-0.15, -0.1) is 0 Å². The summed E-state index contributed by atoms with van der Waals surface area (Å²) < 4.78 is 41.2. The number of fused-ring (bicyclic) bond motifs is 1. The van der Waals surface area contributed by atoms with Crippen molar-refractivity contribution in [2.24, 2.45) is 0 Å². The van der Waals surface area contributed by atoms with Crippen LogP contribution in [-0.2, 0) is 9.31 Å². The zero-order chi connectivity index (χ0) is 17.7. The average Bonchev–Trinajstić information content (AvgIpc) is 2.65. The van der Waals surface area contributed by atoms with E-state index in [4.69, 9.17) is 9.31 Å². The smallest absolute Gasteiger partial charge is 0.415 e. The molecule has 0 N–H and O–H groups in total. The number of ether oxygens (including phenoxy) is 1. The maximum atomic E-state index is 12.4. The van der Waals surface area contributed by atoms with Crippen LogP contribution in [-0.4, -0.2) is 34.9 Å². The van der Waals surface area contributed by atoms with Crippen molar-refractivity contribution in [2.45, 2.75) is 52.4 Å². The fourth-order valence-corrected chi connectivity index (χ4v) is 2.58. The molecule has 1 aliphatic heterocycles. The van der Waals surface area contributed by atoms with Crippen molar-refractivity contribution in [3.05, 3.63) is 23.9 Å². The van der Waals surface area contributed by atoms with Gasteiger partial charge in [0.1, 0.15) is 0 Å². The number of halogens is 2. The second kappa shape index (κ2) is 5.63. The summed E-state index contributed by atoms with van der Waals surface area (Å²) in [6.45, 7) is 6.80. The van der Waals surface area contributed by atoms with Crippen LogP contribution in [0.5, 0.6) is 5.88 Å². The Balaban J connectivity index is 2.06. The van der Waals surface area contributed by atoms with Crippen molar-refractivity contribution in [3.8, 4) is 5.88 Å². The molecule has 0 bridgehead atoms. The zero-order valence-corrected chi connectivity index (χ0v) is 14.3. The predicted octanol–water partition coefficient (Wildman–Crippen LogP) is 2.84. The first-order valence-electron chi connectivity index (χ1n) is 7.67. The molecule has 0 unspecified atom stereocenters. The summed E-state index contributed by atoms with van der Waals surface area (Å²) in [5.74, 6) is -0.219. The number of alkyl halides is 2. The van der Waals surface area contributed by atoms with E-state index in [1.807, 2.05) is 40.7 Å². The van der Waals surface area contributed by atoms with E-state index < -0.39 is 24.9 Å². The predicted molar refractivity (Wildman–Crippen MR) is 86.6 cm³/mol. The molecule has 1 aromatic heterocycles. The third-order valence-corrected chi connectivity index (χ3v) is 4.52. The minimum absolute atomic E-state index is 0.219. The molecule has 2 heterocycles. The van der Waals surface area contributed by atoms with Crippen LogP contribution < -0.4 is 10.2 Å². The lowest BCUT2D eigenvalue weighted by molar-refractivity contribution is -0.0528. The van der Waals surface area contributed by atoms with Crippen molar-refractivity contribution >= 4 is 23.6 Å². The Kier molecular flexibility index (Phi) is 4.00. The van der Waals surface area contributed by atoms with Crippen LogP contribution in [0.2, 0.25) is 0 Å². The highest BCUT2D eigenvalue weighted by Gasteiger charge is 2.52. The first-order valence-corrected chi connectivity index (χ1v) is 7.67. The van der Waals surface area contributed by atoms with Crippen molar-refractivity contribution in [2.75, 3.05) is 0 Å². The Hall–Kier alpha value is -1.80. The Morgan fingerprint density at radius 2 is 1.75 bits per heavy atom. The number of aromatic nitrogens is 2. The van der Waals surface area contributed by atoms with E-state index in [0.717, 1.165) is 11.0 Å². The van der Waals surface area contributed by atoms with Gasteiger partial charge in [0.25, 0.3) is 0 Å². The van der Waals surface area contributed by atoms with E-state index in [1.165, 1.54) is 6.20 Å². The second-order valence-electron chi connectivity index (χ2n) is 6.90. The topological polar surface area (TPSA) is 53.5 Å². The lowest BCUT2D eigenvalue weighted by Crippen LogP contribution is -2.41. The van der Waals surface area contributed by atoms with Gasteiger partial charge >= 0.3 is 13.7 Å². The highest BCUT2D eigenvalue weighted by atomic mass is 19.3. The molecule has 0 atom stereocenters. The van der Waals surface area contributed by atoms with Crippen molar-refractivity contribution in [1.29, 1.82) is 0 Å². The summed E-state index contributed by atoms with van der Waals surface area (Å²) in [7, 11) is -0.603. The van der Waals surface area contributed by atoms with Crippen LogP contribution in [0.3, 0.4) is 0 Å². The number of nitrogens with zero attached hydrogens (tertiary/aromatic N) is 2. The fraction of sp³-hybridized carbons (Fsp3) is 0.500. The molecular formula is C16H19BF2N2O3. The average molecular weight is 336 g/mol. The molecule has 128 valence electrons. The minimum Gasteiger partial charge on any atom is -0.415 e. The molecule has 5 nitrogen and oxygen atoms in total. The summed E-state index contributed by atoms with van der Waals surface area (Å²) in [5, 5.41) is 0. The molecule has 0 radical (unpaired) electrons. The minimum atomic E-state index is -2.94. The molecule has 1 fully saturated rings. The van der Waals surface area contributed by atoms with Crippen LogP contribution in [0.1, 0.15) is 33.3 Å². The largest absolute Gasteiger partial charge is 0.497 e. The van der Waals surface area contributed by atoms with Gasteiger partial charge < -0.3 is 14.0 Å². The molecular weight excluding hydrogens is 317 g/mol. The van der Waals surface area contributed by atoms with E-state index in [1.54, 1.807) is 6.07 Å². The van der Waals surface area contributed by atoms with E-state index in [2.05, 4.69) is 14.7 Å². The van der Waals surface area contributed by atoms with Gasteiger partial charge in [-0.25, -0.2) is 9.97 Å². The summed E-state index contributed by atoms with van der Waals surface area (Å²) in [4.78, 5) is 8.34. The van der Waals surface area contributed by atoms with Gasteiger partial charge in [0.2, 0.25) is 5.88 Å². The lowest BCUT2D eigenvalue weighted by Gasteiger charge is -2.32. The summed E-state index contributed by atoms with van der Waals surface area (Å²) in [5.41, 5.74) is 1.65. The summed E-state index contributed by atoms with van der Waals surface area (Å²) >= 11 is 0. The monoisotopic (exact) mass is 336 g/mol. The maximum absolute atomic E-state index is 12.4. The van der Waals surface area contributed by atoms with Gasteiger partial charge in [-0.3, -0.25) is 0 Å². The number of benzene rings is 1. The fourth-order valence-electron chi connectivity index (χ4n) is 2.58. The normalized spacial score (nSPS) is 19.2. The van der Waals surface area contributed by atoms with Crippen LogP contribution in [0.15, 0.2) is 18.3 Å². The zero-order valence-electron chi connectivity index (χ0n) is 14.3. The van der Waals surface area contributed by atoms with E-state index >= 15 is 0 Å². The Bertz CT molecular complexity index is 767. The number of aryl methyl sites for hydroxylation is 1. The quantitative estimate of drug-likeness (QED) is 0.807. The van der Waals surface area contributed by atoms with Gasteiger partial charge in [0, 0.05) is 5.46 Å². The first kappa shape index (κ1) is 17.0. The molecule has 1 saturated heterocycles. The van der Waals surface area contributed by atoms with E-state index in [9.17, 15) is 8.78 Å². The standard InChI is InChI=1S/C16H19BF2N2O3/c1-9-6-10(17-23-15(2,3)16(4,5)24-17)13-11(7-9)21-12(8-20-13)22-14(18)19/h6-8,14H,1-5H3. The Morgan fingerprint density at radius 1 is 1.12 bits per heavy atom. The molecule has 8 heteroatoms. The van der Waals surface area contributed by atoms with Crippen molar-refractivity contribution in [3.63, 3.8) is 0 Å². The van der Waals surface area contributed by atoms with E-state index in [0.29, 0.717) is 11.0 Å². The highest BCUT2D eigenvalue weighted by Crippen LogP contribution is 2.37. The summed E-state index contributed by atoms with van der Waals surface area (Å²) in [6.07, 6.45) is 1.18. The third kappa shape index (κ3) is 2.96. The molecule has 1 aromatic carbocycles. The number of hydrogen-bond acceptors (Lipinski definition) is 5. The van der Waals surface area contributed by atoms with E-state index in [-0.39, 0.29) is 5.88 Å². The van der Waals surface area contributed by atoms with Gasteiger partial charge in [-0.1, -0.05) is 6.07 Å². The van der Waals surface area contributed by atoms with Crippen molar-refractivity contribution in [1.82, 2.24) is 9.97 Å². The maximum Gasteiger partial charge on any atom is 0.497 e. The lowest BCUT2D eigenvalue weighted by atomic mass is 9.77. The molecule has 1 aliphatic rings. The molecule has 0 aliphatic carbocycles. The van der Waals surface area contributed by atoms with Crippen LogP contribution >= 0.6 is 0 Å². The highest BCUT2D eigenvalue weighted by molar-refractivity contribution is 6.64. The third-order valence-electron chi connectivity index (χ3n) is 4.52. The Labute approximate surface area is 139 Å². The van der Waals surface area contributed by atoms with Crippen LogP contribution in [0, 0.1) is 6.92 Å². The summed E-state index contributed by atoms with van der Waals surface area (Å²) in [6, 6.07) is 3.67. The first-order chi connectivity index (χ1) is 11.1. The van der Waals surface area contributed by atoms with Crippen LogP contribution in [0.4, 0.5) is 8.78 Å². The Morgan fingerprint density at radius 3 is 2.33 bits per heavy atom. The van der Waals surface area contributed by atoms with Gasteiger partial charge in [0.15, 0.2) is 0 Å². The van der Waals surface area contributed by atoms with Crippen molar-refractivity contribution < 1.29 is 22.8 Å². The number of hydrogen-bond donors (Lipinski definition) is 0. The number of rotatable bonds is 3. The van der Waals surface area contributed by atoms with Gasteiger partial charge in [-0.05, 0) is 46.2 Å². The molecule has 3 rings (SSSR count). The molecule has 0 spiro atoms.